The molecule has 1 aromatic carbocycles. The van der Waals surface area contributed by atoms with E-state index in [2.05, 4.69) is 31.2 Å². The highest BCUT2D eigenvalue weighted by Gasteiger charge is 2.15. The molecule has 0 aliphatic carbocycles. The highest BCUT2D eigenvalue weighted by atomic mass is 79.9. The van der Waals surface area contributed by atoms with E-state index in [0.717, 1.165) is 11.3 Å². The summed E-state index contributed by atoms with van der Waals surface area (Å²) in [5.74, 6) is 1.07. The number of ether oxygens (including phenoxy) is 2. The first-order valence-electron chi connectivity index (χ1n) is 6.33. The van der Waals surface area contributed by atoms with Gasteiger partial charge in [0.2, 0.25) is 11.8 Å². The molecule has 0 fully saturated rings. The molecule has 108 valence electrons. The van der Waals surface area contributed by atoms with Crippen molar-refractivity contribution in [2.45, 2.75) is 12.8 Å². The van der Waals surface area contributed by atoms with Gasteiger partial charge in [-0.2, -0.15) is 4.98 Å². The molecule has 3 rings (SSSR count). The zero-order chi connectivity index (χ0) is 14.8. The monoisotopic (exact) mass is 349 g/mol. The van der Waals surface area contributed by atoms with E-state index in [-0.39, 0.29) is 11.9 Å². The molecule has 0 saturated carbocycles. The summed E-state index contributed by atoms with van der Waals surface area (Å²) in [5.41, 5.74) is 1.86. The third kappa shape index (κ3) is 2.97. The number of nitrogens with one attached hydrogen (secondary N) is 1. The number of carbonyl (C=O) groups is 1. The maximum Gasteiger partial charge on any atom is 0.325 e. The van der Waals surface area contributed by atoms with Crippen LogP contribution in [0, 0.1) is 0 Å². The summed E-state index contributed by atoms with van der Waals surface area (Å²) >= 11 is 3.29. The van der Waals surface area contributed by atoms with Crippen molar-refractivity contribution < 1.29 is 14.3 Å². The molecule has 21 heavy (non-hydrogen) atoms. The van der Waals surface area contributed by atoms with Gasteiger partial charge in [-0.15, -0.1) is 0 Å². The molecule has 0 atom stereocenters. The lowest BCUT2D eigenvalue weighted by Crippen LogP contribution is -2.18. The van der Waals surface area contributed by atoms with E-state index in [1.165, 1.54) is 7.11 Å². The topological polar surface area (TPSA) is 73.3 Å². The van der Waals surface area contributed by atoms with Crippen LogP contribution >= 0.6 is 15.9 Å². The van der Waals surface area contributed by atoms with Gasteiger partial charge in [-0.3, -0.25) is 4.79 Å². The second-order valence-electron chi connectivity index (χ2n) is 4.48. The fourth-order valence-corrected chi connectivity index (χ4v) is 2.41. The van der Waals surface area contributed by atoms with Crippen molar-refractivity contribution in [3.05, 3.63) is 34.4 Å². The van der Waals surface area contributed by atoms with Crippen LogP contribution < -0.4 is 14.8 Å². The number of methoxy groups -OCH3 is 1. The van der Waals surface area contributed by atoms with Gasteiger partial charge < -0.3 is 14.8 Å². The minimum absolute atomic E-state index is 0.0390. The van der Waals surface area contributed by atoms with E-state index in [9.17, 15) is 4.79 Å². The van der Waals surface area contributed by atoms with Crippen LogP contribution in [0.2, 0.25) is 0 Å². The standard InChI is InChI=1S/C14H12BrN3O3/c1-20-13-10(15)7-16-14(18-13)21-9-3-4-11-8(6-9)2-5-12(19)17-11/h3-4,6-7H,2,5H2,1H3,(H,17,19). The number of aryl methyl sites for hydroxylation is 1. The van der Waals surface area contributed by atoms with Gasteiger partial charge in [-0.05, 0) is 46.1 Å². The third-order valence-corrected chi connectivity index (χ3v) is 3.61. The van der Waals surface area contributed by atoms with E-state index >= 15 is 0 Å². The van der Waals surface area contributed by atoms with Gasteiger partial charge in [0.15, 0.2) is 0 Å². The van der Waals surface area contributed by atoms with Crippen LogP contribution in [0.5, 0.6) is 17.6 Å². The van der Waals surface area contributed by atoms with Crippen molar-refractivity contribution in [3.8, 4) is 17.6 Å². The van der Waals surface area contributed by atoms with Crippen LogP contribution in [0.15, 0.2) is 28.9 Å². The Kier molecular flexibility index (Phi) is 3.74. The molecule has 2 heterocycles. The van der Waals surface area contributed by atoms with Gasteiger partial charge >= 0.3 is 6.01 Å². The summed E-state index contributed by atoms with van der Waals surface area (Å²) in [4.78, 5) is 19.5. The number of anilines is 1. The highest BCUT2D eigenvalue weighted by molar-refractivity contribution is 9.10. The normalized spacial score (nSPS) is 13.3. The molecular weight excluding hydrogens is 338 g/mol. The lowest BCUT2D eigenvalue weighted by atomic mass is 10.0. The van der Waals surface area contributed by atoms with Crippen molar-refractivity contribution >= 4 is 27.5 Å². The number of hydrogen-bond donors (Lipinski definition) is 1. The average molecular weight is 350 g/mol. The summed E-state index contributed by atoms with van der Waals surface area (Å²) in [6.07, 6.45) is 2.75. The fraction of sp³-hybridized carbons (Fsp3) is 0.214. The Bertz CT molecular complexity index is 706. The van der Waals surface area contributed by atoms with Crippen LogP contribution in [0.4, 0.5) is 5.69 Å². The summed E-state index contributed by atoms with van der Waals surface area (Å²) in [6.45, 7) is 0. The largest absolute Gasteiger partial charge is 0.480 e. The zero-order valence-corrected chi connectivity index (χ0v) is 12.8. The fourth-order valence-electron chi connectivity index (χ4n) is 2.06. The van der Waals surface area contributed by atoms with Crippen LogP contribution in [0.1, 0.15) is 12.0 Å². The second kappa shape index (κ2) is 5.69. The van der Waals surface area contributed by atoms with E-state index in [1.807, 2.05) is 12.1 Å². The van der Waals surface area contributed by atoms with E-state index in [1.54, 1.807) is 12.3 Å². The van der Waals surface area contributed by atoms with E-state index < -0.39 is 0 Å². The third-order valence-electron chi connectivity index (χ3n) is 3.06. The minimum Gasteiger partial charge on any atom is -0.480 e. The molecule has 0 saturated heterocycles. The number of nitrogens with zero attached hydrogens (tertiary/aromatic N) is 2. The number of amides is 1. The number of hydrogen-bond acceptors (Lipinski definition) is 5. The summed E-state index contributed by atoms with van der Waals surface area (Å²) < 4.78 is 11.4. The van der Waals surface area contributed by atoms with E-state index in [4.69, 9.17) is 9.47 Å². The molecule has 6 nitrogen and oxygen atoms in total. The Balaban J connectivity index is 1.84. The van der Waals surface area contributed by atoms with Crippen molar-refractivity contribution in [1.82, 2.24) is 9.97 Å². The summed E-state index contributed by atoms with van der Waals surface area (Å²) in [6, 6.07) is 5.67. The molecule has 0 bridgehead atoms. The zero-order valence-electron chi connectivity index (χ0n) is 11.2. The summed E-state index contributed by atoms with van der Waals surface area (Å²) in [5, 5.41) is 2.82. The lowest BCUT2D eigenvalue weighted by molar-refractivity contribution is -0.116. The summed E-state index contributed by atoms with van der Waals surface area (Å²) in [7, 11) is 1.53. The van der Waals surface area contributed by atoms with Gasteiger partial charge in [0.25, 0.3) is 0 Å². The first-order valence-corrected chi connectivity index (χ1v) is 7.12. The quantitative estimate of drug-likeness (QED) is 0.922. The van der Waals surface area contributed by atoms with Crippen LogP contribution in [-0.4, -0.2) is 23.0 Å². The molecule has 2 aromatic rings. The van der Waals surface area contributed by atoms with Gasteiger partial charge in [0.05, 0.1) is 17.8 Å². The molecule has 1 aliphatic heterocycles. The number of aromatic nitrogens is 2. The van der Waals surface area contributed by atoms with Gasteiger partial charge in [0, 0.05) is 12.1 Å². The number of carbonyl (C=O) groups excluding carboxylic acids is 1. The van der Waals surface area contributed by atoms with Gasteiger partial charge in [-0.25, -0.2) is 4.98 Å². The molecule has 1 N–H and O–H groups in total. The maximum atomic E-state index is 11.3. The Labute approximate surface area is 129 Å². The molecule has 0 radical (unpaired) electrons. The molecule has 1 aliphatic rings. The maximum absolute atomic E-state index is 11.3. The number of halogens is 1. The van der Waals surface area contributed by atoms with Gasteiger partial charge in [-0.1, -0.05) is 0 Å². The van der Waals surface area contributed by atoms with Crippen LogP contribution in [0.25, 0.3) is 0 Å². The predicted octanol–water partition coefficient (Wildman–Crippen LogP) is 2.92. The first-order chi connectivity index (χ1) is 10.2. The SMILES string of the molecule is COc1nc(Oc2ccc3c(c2)CCC(=O)N3)ncc1Br. The van der Waals surface area contributed by atoms with Crippen molar-refractivity contribution in [2.24, 2.45) is 0 Å². The molecule has 1 aromatic heterocycles. The first kappa shape index (κ1) is 13.8. The highest BCUT2D eigenvalue weighted by Crippen LogP contribution is 2.30. The predicted molar refractivity (Wildman–Crippen MR) is 79.8 cm³/mol. The number of fused-ring (bicyclic) bond motifs is 1. The van der Waals surface area contributed by atoms with E-state index in [0.29, 0.717) is 28.9 Å². The van der Waals surface area contributed by atoms with Crippen molar-refractivity contribution in [1.29, 1.82) is 0 Å². The smallest absolute Gasteiger partial charge is 0.325 e. The Morgan fingerprint density at radius 2 is 2.19 bits per heavy atom. The molecule has 0 spiro atoms. The van der Waals surface area contributed by atoms with Crippen LogP contribution in [-0.2, 0) is 11.2 Å². The molecular formula is C14H12BrN3O3. The number of benzene rings is 1. The lowest BCUT2D eigenvalue weighted by Gasteiger charge is -2.17. The molecule has 7 heteroatoms. The Morgan fingerprint density at radius 3 is 3.00 bits per heavy atom. The molecule has 1 amide bonds. The second-order valence-corrected chi connectivity index (χ2v) is 5.33. The van der Waals surface area contributed by atoms with Gasteiger partial charge in [0.1, 0.15) is 5.75 Å². The number of rotatable bonds is 3. The van der Waals surface area contributed by atoms with Crippen molar-refractivity contribution in [2.75, 3.05) is 12.4 Å². The Morgan fingerprint density at radius 1 is 1.33 bits per heavy atom. The average Bonchev–Trinajstić information content (AvgIpc) is 2.49. The minimum atomic E-state index is 0.0390. The van der Waals surface area contributed by atoms with Crippen molar-refractivity contribution in [3.63, 3.8) is 0 Å². The Hall–Kier alpha value is -2.15. The molecule has 0 unspecified atom stereocenters. The van der Waals surface area contributed by atoms with Crippen LogP contribution in [0.3, 0.4) is 0 Å².